The van der Waals surface area contributed by atoms with E-state index in [0.29, 0.717) is 5.92 Å². The first-order valence-corrected chi connectivity index (χ1v) is 7.88. The number of hydrogen-bond donors (Lipinski definition) is 0. The van der Waals surface area contributed by atoms with E-state index in [0.717, 1.165) is 31.7 Å². The predicted octanol–water partition coefficient (Wildman–Crippen LogP) is 4.29. The molecule has 0 radical (unpaired) electrons. The zero-order chi connectivity index (χ0) is 15.4. The molecule has 0 bridgehead atoms. The van der Waals surface area contributed by atoms with Crippen molar-refractivity contribution in [2.45, 2.75) is 18.9 Å². The second-order valence-corrected chi connectivity index (χ2v) is 6.04. The van der Waals surface area contributed by atoms with Crippen LogP contribution in [-0.2, 0) is 0 Å². The van der Waals surface area contributed by atoms with Crippen LogP contribution in [-0.4, -0.2) is 25.0 Å². The maximum absolute atomic E-state index is 13.1. The van der Waals surface area contributed by atoms with Crippen LogP contribution < -0.4 is 4.74 Å². The number of benzene rings is 2. The Hall–Kier alpha value is -1.87. The van der Waals surface area contributed by atoms with Crippen LogP contribution in [0.3, 0.4) is 0 Å². The number of nitrogens with zero attached hydrogens (tertiary/aromatic N) is 1. The number of rotatable bonds is 4. The van der Waals surface area contributed by atoms with Crippen LogP contribution in [0.25, 0.3) is 0 Å². The van der Waals surface area contributed by atoms with Crippen molar-refractivity contribution < 1.29 is 9.13 Å². The lowest BCUT2D eigenvalue weighted by atomic mass is 9.87. The van der Waals surface area contributed by atoms with Crippen LogP contribution in [0.1, 0.15) is 24.5 Å². The molecule has 1 fully saturated rings. The largest absolute Gasteiger partial charge is 0.485 e. The van der Waals surface area contributed by atoms with Gasteiger partial charge in [0.05, 0.1) is 0 Å². The Balaban J connectivity index is 1.81. The summed E-state index contributed by atoms with van der Waals surface area (Å²) < 4.78 is 19.3. The molecule has 22 heavy (non-hydrogen) atoms. The standard InChI is InChI=1S/C19H22FNO/c1-21-13-11-16(12-14-21)19(15-5-3-2-4-6-15)22-18-9-7-17(20)8-10-18/h2-10,16,19H,11-14H2,1H3. The highest BCUT2D eigenvalue weighted by molar-refractivity contribution is 5.25. The second-order valence-electron chi connectivity index (χ2n) is 6.04. The van der Waals surface area contributed by atoms with Crippen molar-refractivity contribution in [3.05, 3.63) is 66.0 Å². The monoisotopic (exact) mass is 299 g/mol. The molecular formula is C19H22FNO. The van der Waals surface area contributed by atoms with Gasteiger partial charge in [-0.05, 0) is 62.8 Å². The Morgan fingerprint density at radius 3 is 2.27 bits per heavy atom. The van der Waals surface area contributed by atoms with Gasteiger partial charge in [0.25, 0.3) is 0 Å². The van der Waals surface area contributed by atoms with E-state index in [1.807, 2.05) is 18.2 Å². The van der Waals surface area contributed by atoms with Crippen molar-refractivity contribution in [2.24, 2.45) is 5.92 Å². The first-order valence-electron chi connectivity index (χ1n) is 7.88. The topological polar surface area (TPSA) is 12.5 Å². The molecule has 0 aromatic heterocycles. The third-order valence-corrected chi connectivity index (χ3v) is 4.40. The first kappa shape index (κ1) is 15.0. The van der Waals surface area contributed by atoms with Gasteiger partial charge in [-0.25, -0.2) is 4.39 Å². The van der Waals surface area contributed by atoms with Crippen molar-refractivity contribution in [2.75, 3.05) is 20.1 Å². The zero-order valence-electron chi connectivity index (χ0n) is 12.9. The highest BCUT2D eigenvalue weighted by Crippen LogP contribution is 2.34. The Morgan fingerprint density at radius 2 is 1.64 bits per heavy atom. The van der Waals surface area contributed by atoms with Crippen molar-refractivity contribution in [1.29, 1.82) is 0 Å². The third kappa shape index (κ3) is 3.66. The van der Waals surface area contributed by atoms with Crippen LogP contribution in [0.2, 0.25) is 0 Å². The van der Waals surface area contributed by atoms with Crippen LogP contribution in [0.15, 0.2) is 54.6 Å². The van der Waals surface area contributed by atoms with Crippen LogP contribution >= 0.6 is 0 Å². The molecule has 0 spiro atoms. The first-order chi connectivity index (χ1) is 10.7. The van der Waals surface area contributed by atoms with E-state index < -0.39 is 0 Å². The van der Waals surface area contributed by atoms with Crippen molar-refractivity contribution in [3.63, 3.8) is 0 Å². The summed E-state index contributed by atoms with van der Waals surface area (Å²) in [7, 11) is 2.16. The average molecular weight is 299 g/mol. The molecule has 1 aliphatic heterocycles. The number of piperidine rings is 1. The van der Waals surface area contributed by atoms with E-state index in [9.17, 15) is 4.39 Å². The highest BCUT2D eigenvalue weighted by atomic mass is 19.1. The molecule has 2 nitrogen and oxygen atoms in total. The second kappa shape index (κ2) is 6.93. The molecular weight excluding hydrogens is 277 g/mol. The Kier molecular flexibility index (Phi) is 4.74. The Bertz CT molecular complexity index is 576. The molecule has 1 atom stereocenters. The number of halogens is 1. The zero-order valence-corrected chi connectivity index (χ0v) is 12.9. The van der Waals surface area contributed by atoms with Gasteiger partial charge in [-0.15, -0.1) is 0 Å². The van der Waals surface area contributed by atoms with E-state index in [2.05, 4.69) is 24.1 Å². The van der Waals surface area contributed by atoms with Gasteiger partial charge < -0.3 is 9.64 Å². The minimum absolute atomic E-state index is 0.0281. The molecule has 2 aromatic rings. The number of likely N-dealkylation sites (tertiary alicyclic amines) is 1. The van der Waals surface area contributed by atoms with Crippen molar-refractivity contribution in [3.8, 4) is 5.75 Å². The van der Waals surface area contributed by atoms with E-state index in [1.54, 1.807) is 12.1 Å². The molecule has 0 saturated carbocycles. The third-order valence-electron chi connectivity index (χ3n) is 4.40. The van der Waals surface area contributed by atoms with Gasteiger partial charge in [0.1, 0.15) is 17.7 Å². The number of hydrogen-bond acceptors (Lipinski definition) is 2. The molecule has 2 aromatic carbocycles. The fourth-order valence-corrected chi connectivity index (χ4v) is 3.07. The summed E-state index contributed by atoms with van der Waals surface area (Å²) in [4.78, 5) is 2.36. The van der Waals surface area contributed by atoms with E-state index in [-0.39, 0.29) is 11.9 Å². The molecule has 1 aliphatic rings. The molecule has 0 amide bonds. The molecule has 3 heteroatoms. The normalized spacial score (nSPS) is 18.1. The quantitative estimate of drug-likeness (QED) is 0.835. The fourth-order valence-electron chi connectivity index (χ4n) is 3.07. The summed E-state index contributed by atoms with van der Waals surface area (Å²) in [6, 6.07) is 16.7. The van der Waals surface area contributed by atoms with Gasteiger partial charge in [0, 0.05) is 5.92 Å². The van der Waals surface area contributed by atoms with Crippen LogP contribution in [0, 0.1) is 11.7 Å². The molecule has 1 heterocycles. The van der Waals surface area contributed by atoms with Gasteiger partial charge in [-0.3, -0.25) is 0 Å². The predicted molar refractivity (Wildman–Crippen MR) is 86.4 cm³/mol. The molecule has 0 N–H and O–H groups in total. The van der Waals surface area contributed by atoms with Gasteiger partial charge >= 0.3 is 0 Å². The Labute approximate surface area is 131 Å². The summed E-state index contributed by atoms with van der Waals surface area (Å²) in [5.41, 5.74) is 1.20. The minimum Gasteiger partial charge on any atom is -0.485 e. The molecule has 116 valence electrons. The van der Waals surface area contributed by atoms with Crippen molar-refractivity contribution in [1.82, 2.24) is 4.90 Å². The lowest BCUT2D eigenvalue weighted by Crippen LogP contribution is -2.34. The van der Waals surface area contributed by atoms with Crippen molar-refractivity contribution >= 4 is 0 Å². The molecule has 3 rings (SSSR count). The maximum Gasteiger partial charge on any atom is 0.127 e. The highest BCUT2D eigenvalue weighted by Gasteiger charge is 2.28. The summed E-state index contributed by atoms with van der Waals surface area (Å²) in [5, 5.41) is 0. The number of ether oxygens (including phenoxy) is 1. The SMILES string of the molecule is CN1CCC(C(Oc2ccc(F)cc2)c2ccccc2)CC1. The van der Waals surface area contributed by atoms with E-state index in [4.69, 9.17) is 4.74 Å². The lowest BCUT2D eigenvalue weighted by molar-refractivity contribution is 0.0849. The molecule has 1 unspecified atom stereocenters. The van der Waals surface area contributed by atoms with Crippen LogP contribution in [0.4, 0.5) is 4.39 Å². The maximum atomic E-state index is 13.1. The van der Waals surface area contributed by atoms with Gasteiger partial charge in [-0.1, -0.05) is 30.3 Å². The van der Waals surface area contributed by atoms with E-state index >= 15 is 0 Å². The Morgan fingerprint density at radius 1 is 1.00 bits per heavy atom. The summed E-state index contributed by atoms with van der Waals surface area (Å²) >= 11 is 0. The van der Waals surface area contributed by atoms with Gasteiger partial charge in [0.15, 0.2) is 0 Å². The summed E-state index contributed by atoms with van der Waals surface area (Å²) in [6.07, 6.45) is 2.27. The smallest absolute Gasteiger partial charge is 0.127 e. The lowest BCUT2D eigenvalue weighted by Gasteiger charge is -2.34. The van der Waals surface area contributed by atoms with Crippen LogP contribution in [0.5, 0.6) is 5.75 Å². The summed E-state index contributed by atoms with van der Waals surface area (Å²) in [6.45, 7) is 2.20. The van der Waals surface area contributed by atoms with E-state index in [1.165, 1.54) is 17.7 Å². The fraction of sp³-hybridized carbons (Fsp3) is 0.368. The average Bonchev–Trinajstić information content (AvgIpc) is 2.56. The van der Waals surface area contributed by atoms with Gasteiger partial charge in [-0.2, -0.15) is 0 Å². The molecule has 1 saturated heterocycles. The summed E-state index contributed by atoms with van der Waals surface area (Å²) in [5.74, 6) is 0.987. The molecule has 0 aliphatic carbocycles. The minimum atomic E-state index is -0.233. The van der Waals surface area contributed by atoms with Gasteiger partial charge in [0.2, 0.25) is 0 Å².